The number of rotatable bonds is 2. The second kappa shape index (κ2) is 5.21. The van der Waals surface area contributed by atoms with Crippen LogP contribution >= 0.6 is 11.8 Å². The van der Waals surface area contributed by atoms with Gasteiger partial charge in [-0.3, -0.25) is 0 Å². The molecule has 0 aliphatic carbocycles. The smallest absolute Gasteiger partial charge is 0.187 e. The standard InChI is InChI=1S/C12H18FN3S/c1-4-10-11(13)12(15-7-14-10)16-5-6-17-9(3)8(16)2/h7-9H,4-6H2,1-3H3/t8-,9-/m0/s1. The average molecular weight is 255 g/mol. The Kier molecular flexibility index (Phi) is 3.86. The van der Waals surface area contributed by atoms with Crippen LogP contribution in [0.4, 0.5) is 10.2 Å². The topological polar surface area (TPSA) is 29.0 Å². The van der Waals surface area contributed by atoms with Gasteiger partial charge in [0.05, 0.1) is 5.69 Å². The van der Waals surface area contributed by atoms with Gasteiger partial charge < -0.3 is 4.90 Å². The molecular formula is C12H18FN3S. The van der Waals surface area contributed by atoms with Crippen molar-refractivity contribution in [1.82, 2.24) is 9.97 Å². The number of nitrogens with zero attached hydrogens (tertiary/aromatic N) is 3. The Labute approximate surface area is 106 Å². The molecule has 0 radical (unpaired) electrons. The highest BCUT2D eigenvalue weighted by atomic mass is 32.2. The van der Waals surface area contributed by atoms with Crippen LogP contribution in [0.5, 0.6) is 0 Å². The largest absolute Gasteiger partial charge is 0.349 e. The predicted octanol–water partition coefficient (Wildman–Crippen LogP) is 2.51. The summed E-state index contributed by atoms with van der Waals surface area (Å²) >= 11 is 1.93. The van der Waals surface area contributed by atoms with Crippen LogP contribution in [-0.4, -0.2) is 33.6 Å². The number of aryl methyl sites for hydroxylation is 1. The zero-order valence-corrected chi connectivity index (χ0v) is 11.3. The van der Waals surface area contributed by atoms with E-state index in [-0.39, 0.29) is 5.82 Å². The summed E-state index contributed by atoms with van der Waals surface area (Å²) in [5, 5.41) is 0.503. The summed E-state index contributed by atoms with van der Waals surface area (Å²) in [7, 11) is 0. The molecule has 1 fully saturated rings. The second-order valence-corrected chi connectivity index (χ2v) is 5.81. The molecule has 0 unspecified atom stereocenters. The zero-order valence-electron chi connectivity index (χ0n) is 10.5. The van der Waals surface area contributed by atoms with E-state index in [9.17, 15) is 4.39 Å². The molecule has 94 valence electrons. The molecule has 0 N–H and O–H groups in total. The average Bonchev–Trinajstić information content (AvgIpc) is 2.33. The lowest BCUT2D eigenvalue weighted by Gasteiger charge is -2.38. The third kappa shape index (κ3) is 2.39. The van der Waals surface area contributed by atoms with Crippen molar-refractivity contribution in [2.75, 3.05) is 17.2 Å². The van der Waals surface area contributed by atoms with Gasteiger partial charge in [0, 0.05) is 23.6 Å². The highest BCUT2D eigenvalue weighted by Crippen LogP contribution is 2.29. The van der Waals surface area contributed by atoms with Gasteiger partial charge in [-0.25, -0.2) is 14.4 Å². The molecular weight excluding hydrogens is 237 g/mol. The van der Waals surface area contributed by atoms with Crippen LogP contribution in [0.2, 0.25) is 0 Å². The predicted molar refractivity (Wildman–Crippen MR) is 70.1 cm³/mol. The molecule has 1 aromatic heterocycles. The number of hydrogen-bond donors (Lipinski definition) is 0. The molecule has 2 rings (SSSR count). The molecule has 17 heavy (non-hydrogen) atoms. The minimum absolute atomic E-state index is 0.249. The number of hydrogen-bond acceptors (Lipinski definition) is 4. The van der Waals surface area contributed by atoms with Crippen molar-refractivity contribution in [2.24, 2.45) is 0 Å². The summed E-state index contributed by atoms with van der Waals surface area (Å²) in [6.45, 7) is 7.08. The first-order valence-corrected chi connectivity index (χ1v) is 7.07. The van der Waals surface area contributed by atoms with Crippen molar-refractivity contribution < 1.29 is 4.39 Å². The van der Waals surface area contributed by atoms with E-state index in [1.165, 1.54) is 6.33 Å². The van der Waals surface area contributed by atoms with Crippen LogP contribution in [0.3, 0.4) is 0 Å². The van der Waals surface area contributed by atoms with Crippen molar-refractivity contribution >= 4 is 17.6 Å². The lowest BCUT2D eigenvalue weighted by atomic mass is 10.2. The number of aromatic nitrogens is 2. The quantitative estimate of drug-likeness (QED) is 0.812. The maximum absolute atomic E-state index is 14.2. The highest BCUT2D eigenvalue weighted by molar-refractivity contribution is 8.00. The number of thioether (sulfide) groups is 1. The number of halogens is 1. The van der Waals surface area contributed by atoms with Gasteiger partial charge >= 0.3 is 0 Å². The summed E-state index contributed by atoms with van der Waals surface area (Å²) in [5.41, 5.74) is 0.507. The van der Waals surface area contributed by atoms with E-state index in [1.807, 2.05) is 18.7 Å². The fourth-order valence-corrected chi connectivity index (χ4v) is 3.17. The van der Waals surface area contributed by atoms with Crippen molar-refractivity contribution in [2.45, 2.75) is 38.5 Å². The van der Waals surface area contributed by atoms with Crippen LogP contribution in [0.25, 0.3) is 0 Å². The summed E-state index contributed by atoms with van der Waals surface area (Å²) in [6.07, 6.45) is 2.07. The SMILES string of the molecule is CCc1ncnc(N2CCS[C@@H](C)[C@@H]2C)c1F. The Morgan fingerprint density at radius 3 is 2.94 bits per heavy atom. The van der Waals surface area contributed by atoms with Crippen LogP contribution in [-0.2, 0) is 6.42 Å². The normalized spacial score (nSPS) is 25.1. The maximum atomic E-state index is 14.2. The van der Waals surface area contributed by atoms with E-state index in [0.29, 0.717) is 29.2 Å². The third-order valence-electron chi connectivity index (χ3n) is 3.33. The van der Waals surface area contributed by atoms with Crippen molar-refractivity contribution in [1.29, 1.82) is 0 Å². The minimum atomic E-state index is -0.249. The van der Waals surface area contributed by atoms with Crippen molar-refractivity contribution in [3.05, 3.63) is 17.8 Å². The first-order chi connectivity index (χ1) is 8.15. The second-order valence-electron chi connectivity index (χ2n) is 4.32. The van der Waals surface area contributed by atoms with E-state index in [2.05, 4.69) is 28.7 Å². The summed E-state index contributed by atoms with van der Waals surface area (Å²) in [6, 6.07) is 0.308. The van der Waals surface area contributed by atoms with Crippen molar-refractivity contribution in [3.63, 3.8) is 0 Å². The van der Waals surface area contributed by atoms with Crippen LogP contribution in [0, 0.1) is 5.82 Å². The van der Waals surface area contributed by atoms with Gasteiger partial charge in [0.2, 0.25) is 0 Å². The molecule has 0 aromatic carbocycles. The van der Waals surface area contributed by atoms with E-state index < -0.39 is 0 Å². The number of anilines is 1. The van der Waals surface area contributed by atoms with Crippen LogP contribution in [0.1, 0.15) is 26.5 Å². The Hall–Kier alpha value is -0.840. The zero-order chi connectivity index (χ0) is 12.4. The summed E-state index contributed by atoms with van der Waals surface area (Å²) in [4.78, 5) is 10.2. The Bertz CT molecular complexity index is 399. The Balaban J connectivity index is 2.33. The van der Waals surface area contributed by atoms with Gasteiger partial charge in [0.25, 0.3) is 0 Å². The lowest BCUT2D eigenvalue weighted by molar-refractivity contribution is 0.556. The summed E-state index contributed by atoms with van der Waals surface area (Å²) < 4.78 is 14.2. The first-order valence-electron chi connectivity index (χ1n) is 6.02. The van der Waals surface area contributed by atoms with Gasteiger partial charge in [0.1, 0.15) is 6.33 Å². The summed E-state index contributed by atoms with van der Waals surface area (Å²) in [5.74, 6) is 1.24. The Morgan fingerprint density at radius 1 is 1.47 bits per heavy atom. The molecule has 0 saturated carbocycles. The molecule has 1 aromatic rings. The minimum Gasteiger partial charge on any atom is -0.349 e. The highest BCUT2D eigenvalue weighted by Gasteiger charge is 2.28. The fourth-order valence-electron chi connectivity index (χ4n) is 2.07. The van der Waals surface area contributed by atoms with Gasteiger partial charge in [-0.15, -0.1) is 0 Å². The van der Waals surface area contributed by atoms with Gasteiger partial charge in [-0.1, -0.05) is 13.8 Å². The molecule has 0 amide bonds. The van der Waals surface area contributed by atoms with Gasteiger partial charge in [0.15, 0.2) is 11.6 Å². The Morgan fingerprint density at radius 2 is 2.24 bits per heavy atom. The molecule has 2 atom stereocenters. The van der Waals surface area contributed by atoms with E-state index in [1.54, 1.807) is 0 Å². The maximum Gasteiger partial charge on any atom is 0.187 e. The third-order valence-corrected chi connectivity index (χ3v) is 4.67. The fraction of sp³-hybridized carbons (Fsp3) is 0.667. The van der Waals surface area contributed by atoms with Crippen LogP contribution in [0.15, 0.2) is 6.33 Å². The van der Waals surface area contributed by atoms with Gasteiger partial charge in [-0.05, 0) is 13.3 Å². The molecule has 2 heterocycles. The molecule has 1 aliphatic rings. The van der Waals surface area contributed by atoms with E-state index in [4.69, 9.17) is 0 Å². The molecule has 3 nitrogen and oxygen atoms in total. The lowest BCUT2D eigenvalue weighted by Crippen LogP contribution is -2.45. The van der Waals surface area contributed by atoms with E-state index >= 15 is 0 Å². The van der Waals surface area contributed by atoms with Crippen LogP contribution < -0.4 is 4.90 Å². The molecule has 0 spiro atoms. The molecule has 0 bridgehead atoms. The molecule has 5 heteroatoms. The van der Waals surface area contributed by atoms with Crippen molar-refractivity contribution in [3.8, 4) is 0 Å². The molecule has 1 saturated heterocycles. The molecule has 1 aliphatic heterocycles. The van der Waals surface area contributed by atoms with Gasteiger partial charge in [-0.2, -0.15) is 11.8 Å². The first kappa shape index (κ1) is 12.6. The monoisotopic (exact) mass is 255 g/mol. The van der Waals surface area contributed by atoms with E-state index in [0.717, 1.165) is 12.3 Å².